The van der Waals surface area contributed by atoms with E-state index in [1.165, 1.54) is 24.3 Å². The summed E-state index contributed by atoms with van der Waals surface area (Å²) in [5.74, 6) is -1.42. The number of carbonyl (C=O) groups is 1. The van der Waals surface area contributed by atoms with Gasteiger partial charge in [0.15, 0.2) is 0 Å². The van der Waals surface area contributed by atoms with Crippen molar-refractivity contribution in [2.75, 3.05) is 6.54 Å². The van der Waals surface area contributed by atoms with Crippen LogP contribution in [0.25, 0.3) is 22.8 Å². The Bertz CT molecular complexity index is 1300. The van der Waals surface area contributed by atoms with E-state index in [-0.39, 0.29) is 40.7 Å². The summed E-state index contributed by atoms with van der Waals surface area (Å²) in [6.07, 6.45) is -9.41. The molecule has 13 heteroatoms. The first kappa shape index (κ1) is 28.6. The molecule has 7 nitrogen and oxygen atoms in total. The van der Waals surface area contributed by atoms with Crippen LogP contribution in [0, 0.1) is 17.2 Å². The Morgan fingerprint density at radius 1 is 1.08 bits per heavy atom. The molecule has 0 aliphatic carbocycles. The molecular formula is C25H23F6N5O2. The van der Waals surface area contributed by atoms with Gasteiger partial charge in [0.25, 0.3) is 5.89 Å². The van der Waals surface area contributed by atoms with Gasteiger partial charge in [-0.05, 0) is 42.2 Å². The Labute approximate surface area is 213 Å². The summed E-state index contributed by atoms with van der Waals surface area (Å²) in [4.78, 5) is 16.9. The Kier molecular flexibility index (Phi) is 8.46. The topological polar surface area (TPSA) is 109 Å². The molecule has 0 aliphatic heterocycles. The van der Waals surface area contributed by atoms with Crippen LogP contribution in [0.3, 0.4) is 0 Å². The second-order valence-electron chi connectivity index (χ2n) is 8.95. The number of primary amides is 1. The van der Waals surface area contributed by atoms with Crippen LogP contribution in [0.4, 0.5) is 26.3 Å². The number of halogens is 6. The van der Waals surface area contributed by atoms with E-state index in [0.29, 0.717) is 0 Å². The maximum Gasteiger partial charge on any atom is 0.416 e. The molecule has 2 aromatic carbocycles. The Hall–Kier alpha value is -3.92. The number of rotatable bonds is 9. The van der Waals surface area contributed by atoms with Crippen molar-refractivity contribution in [1.29, 1.82) is 5.26 Å². The molecule has 3 aromatic rings. The van der Waals surface area contributed by atoms with E-state index in [4.69, 9.17) is 10.3 Å². The number of nitriles is 1. The summed E-state index contributed by atoms with van der Waals surface area (Å²) in [7, 11) is 0. The lowest BCUT2D eigenvalue weighted by molar-refractivity contribution is -0.192. The number of nitrogens with two attached hydrogens (primary N) is 1. The van der Waals surface area contributed by atoms with Crippen LogP contribution in [-0.2, 0) is 11.0 Å². The van der Waals surface area contributed by atoms with Crippen molar-refractivity contribution in [2.45, 2.75) is 44.7 Å². The molecule has 0 saturated carbocycles. The van der Waals surface area contributed by atoms with Gasteiger partial charge in [0, 0.05) is 11.1 Å². The maximum atomic E-state index is 14.2. The van der Waals surface area contributed by atoms with Gasteiger partial charge >= 0.3 is 12.4 Å². The summed E-state index contributed by atoms with van der Waals surface area (Å²) < 4.78 is 86.9. The van der Waals surface area contributed by atoms with Gasteiger partial charge in [-0.25, -0.2) is 0 Å². The molecule has 2 N–H and O–H groups in total. The molecule has 0 unspecified atom stereocenters. The zero-order valence-corrected chi connectivity index (χ0v) is 20.2. The first-order valence-electron chi connectivity index (χ1n) is 11.3. The number of hydrogen-bond acceptors (Lipinski definition) is 6. The van der Waals surface area contributed by atoms with Gasteiger partial charge in [0.05, 0.1) is 24.2 Å². The normalized spacial score (nSPS) is 13.9. The highest BCUT2D eigenvalue weighted by Gasteiger charge is 2.48. The fourth-order valence-electron chi connectivity index (χ4n) is 3.99. The van der Waals surface area contributed by atoms with Gasteiger partial charge in [-0.3, -0.25) is 9.69 Å². The average molecular weight is 539 g/mol. The number of carbonyl (C=O) groups excluding carboxylic acids is 1. The number of alkyl halides is 6. The zero-order chi connectivity index (χ0) is 28.3. The number of amides is 1. The molecule has 1 aromatic heterocycles. The number of nitrogens with zero attached hydrogens (tertiary/aromatic N) is 4. The van der Waals surface area contributed by atoms with E-state index in [1.807, 2.05) is 0 Å². The summed E-state index contributed by atoms with van der Waals surface area (Å²) >= 11 is 0. The first-order valence-corrected chi connectivity index (χ1v) is 11.3. The van der Waals surface area contributed by atoms with Gasteiger partial charge in [-0.2, -0.15) is 36.6 Å². The fraction of sp³-hybridized carbons (Fsp3) is 0.360. The first-order chi connectivity index (χ1) is 17.7. The van der Waals surface area contributed by atoms with Gasteiger partial charge in [-0.15, -0.1) is 0 Å². The molecule has 0 saturated heterocycles. The second-order valence-corrected chi connectivity index (χ2v) is 8.95. The van der Waals surface area contributed by atoms with E-state index in [0.717, 1.165) is 29.2 Å². The molecule has 3 rings (SSSR count). The van der Waals surface area contributed by atoms with Crippen molar-refractivity contribution < 1.29 is 35.7 Å². The molecule has 202 valence electrons. The molecule has 38 heavy (non-hydrogen) atoms. The minimum absolute atomic E-state index is 0.0159. The number of aromatic nitrogens is 2. The summed E-state index contributed by atoms with van der Waals surface area (Å²) in [5.41, 5.74) is 4.50. The average Bonchev–Trinajstić information content (AvgIpc) is 3.32. The van der Waals surface area contributed by atoms with Gasteiger partial charge in [0.1, 0.15) is 6.04 Å². The lowest BCUT2D eigenvalue weighted by Gasteiger charge is -2.37. The predicted octanol–water partition coefficient (Wildman–Crippen LogP) is 5.75. The van der Waals surface area contributed by atoms with Crippen LogP contribution >= 0.6 is 0 Å². The molecule has 0 spiro atoms. The van der Waals surface area contributed by atoms with Gasteiger partial charge in [0.2, 0.25) is 11.7 Å². The van der Waals surface area contributed by atoms with Crippen molar-refractivity contribution in [3.8, 4) is 28.9 Å². The van der Waals surface area contributed by atoms with E-state index in [2.05, 4.69) is 10.1 Å². The minimum Gasteiger partial charge on any atom is -0.368 e. The summed E-state index contributed by atoms with van der Waals surface area (Å²) in [6.45, 7) is 2.74. The zero-order valence-electron chi connectivity index (χ0n) is 20.2. The predicted molar refractivity (Wildman–Crippen MR) is 124 cm³/mol. The van der Waals surface area contributed by atoms with Crippen LogP contribution in [0.2, 0.25) is 0 Å². The molecule has 0 aliphatic rings. The molecule has 0 bridgehead atoms. The highest BCUT2D eigenvalue weighted by Crippen LogP contribution is 2.40. The quantitative estimate of drug-likeness (QED) is 0.274. The van der Waals surface area contributed by atoms with Crippen LogP contribution in [0.1, 0.15) is 37.4 Å². The monoisotopic (exact) mass is 539 g/mol. The molecule has 0 fully saturated rings. The molecule has 0 radical (unpaired) electrons. The smallest absolute Gasteiger partial charge is 0.368 e. The van der Waals surface area contributed by atoms with Crippen LogP contribution in [0.5, 0.6) is 0 Å². The maximum absolute atomic E-state index is 14.2. The number of benzene rings is 2. The van der Waals surface area contributed by atoms with Crippen LogP contribution in [0.15, 0.2) is 53.1 Å². The van der Waals surface area contributed by atoms with E-state index < -0.39 is 42.5 Å². The number of hydrogen-bond donors (Lipinski definition) is 1. The van der Waals surface area contributed by atoms with Crippen molar-refractivity contribution in [3.63, 3.8) is 0 Å². The fourth-order valence-corrected chi connectivity index (χ4v) is 3.99. The summed E-state index contributed by atoms with van der Waals surface area (Å²) in [5, 5.41) is 12.9. The Morgan fingerprint density at radius 3 is 2.26 bits per heavy atom. The van der Waals surface area contributed by atoms with Crippen molar-refractivity contribution in [2.24, 2.45) is 11.7 Å². The molecule has 1 heterocycles. The SMILES string of the molecule is CC(C)C[C@@H](C(N)=O)N(CC#N)[C@@H](c1ccc(-c2nc(-c3cccc(C(F)(F)F)c3)no2)cc1)C(F)(F)F. The van der Waals surface area contributed by atoms with Crippen molar-refractivity contribution in [1.82, 2.24) is 15.0 Å². The molecule has 1 amide bonds. The van der Waals surface area contributed by atoms with E-state index in [9.17, 15) is 36.4 Å². The van der Waals surface area contributed by atoms with E-state index in [1.54, 1.807) is 19.9 Å². The molecular weight excluding hydrogens is 516 g/mol. The highest BCUT2D eigenvalue weighted by molar-refractivity contribution is 5.80. The third-order valence-electron chi connectivity index (χ3n) is 5.67. The lowest BCUT2D eigenvalue weighted by atomic mass is 9.96. The standard InChI is InChI=1S/C25H23F6N5O2/c1-14(2)12-19(21(33)37)36(11-10-32)20(25(29,30)31)15-6-8-16(9-7-15)23-34-22(35-38-23)17-4-3-5-18(13-17)24(26,27)28/h3-9,13-14,19-20H,11-12H2,1-2H3,(H2,33,37)/t19-,20-/m0/s1. The van der Waals surface area contributed by atoms with Crippen molar-refractivity contribution in [3.05, 3.63) is 59.7 Å². The lowest BCUT2D eigenvalue weighted by Crippen LogP contribution is -2.51. The van der Waals surface area contributed by atoms with Crippen LogP contribution in [-0.4, -0.2) is 39.7 Å². The Morgan fingerprint density at radius 2 is 1.74 bits per heavy atom. The van der Waals surface area contributed by atoms with E-state index >= 15 is 0 Å². The van der Waals surface area contributed by atoms with Gasteiger partial charge < -0.3 is 10.3 Å². The minimum atomic E-state index is -4.86. The third kappa shape index (κ3) is 6.69. The largest absolute Gasteiger partial charge is 0.416 e. The third-order valence-corrected chi connectivity index (χ3v) is 5.67. The second kappa shape index (κ2) is 11.2. The van der Waals surface area contributed by atoms with Crippen LogP contribution < -0.4 is 5.73 Å². The Balaban J connectivity index is 1.95. The summed E-state index contributed by atoms with van der Waals surface area (Å²) in [6, 6.07) is 7.13. The highest BCUT2D eigenvalue weighted by atomic mass is 19.4. The molecule has 2 atom stereocenters. The van der Waals surface area contributed by atoms with Gasteiger partial charge in [-0.1, -0.05) is 43.3 Å². The van der Waals surface area contributed by atoms with Crippen molar-refractivity contribution >= 4 is 5.91 Å².